The molecule has 0 aliphatic rings. The number of rotatable bonds is 6. The summed E-state index contributed by atoms with van der Waals surface area (Å²) >= 11 is 0. The van der Waals surface area contributed by atoms with Crippen LogP contribution in [0.3, 0.4) is 0 Å². The second kappa shape index (κ2) is 12.2. The van der Waals surface area contributed by atoms with Crippen LogP contribution in [0.15, 0.2) is 0 Å². The molecule has 0 saturated heterocycles. The molecule has 3 heteroatoms. The predicted molar refractivity (Wildman–Crippen MR) is 43.3 cm³/mol. The molecule has 0 atom stereocenters. The maximum atomic E-state index is 9.62. The molecule has 10 heavy (non-hydrogen) atoms. The summed E-state index contributed by atoms with van der Waals surface area (Å²) in [6.07, 6.45) is 4.64. The number of carbonyl (C=O) groups is 1. The molecular weight excluding hydrogens is 139 g/mol. The summed E-state index contributed by atoms with van der Waals surface area (Å²) in [5.74, 6) is 0. The first-order valence-corrected chi connectivity index (χ1v) is 3.47. The van der Waals surface area contributed by atoms with Crippen molar-refractivity contribution in [3.8, 4) is 0 Å². The molecule has 0 amide bonds. The average molecular weight is 154 g/mol. The zero-order valence-electron chi connectivity index (χ0n) is 5.93. The van der Waals surface area contributed by atoms with Crippen molar-refractivity contribution in [3.63, 3.8) is 0 Å². The van der Waals surface area contributed by atoms with Crippen LogP contribution in [0.25, 0.3) is 0 Å². The Morgan fingerprint density at radius 1 is 1.30 bits per heavy atom. The molecule has 0 aliphatic heterocycles. The fourth-order valence-corrected chi connectivity index (χ4v) is 0.660. The molecule has 0 N–H and O–H groups in total. The Bertz CT molecular complexity index is 66.6. The van der Waals surface area contributed by atoms with E-state index in [1.807, 2.05) is 0 Å². The Hall–Kier alpha value is 0.470. The first kappa shape index (κ1) is 13.1. The van der Waals surface area contributed by atoms with E-state index in [4.69, 9.17) is 0 Å². The van der Waals surface area contributed by atoms with E-state index >= 15 is 0 Å². The van der Waals surface area contributed by atoms with Crippen molar-refractivity contribution in [1.29, 1.82) is 0 Å². The molecule has 0 aromatic heterocycles. The number of unbranched alkanes of at least 4 members (excludes halogenated alkanes) is 3. The van der Waals surface area contributed by atoms with Crippen LogP contribution in [-0.2, 0) is 9.53 Å². The monoisotopic (exact) mass is 154 g/mol. The molecule has 0 spiro atoms. The van der Waals surface area contributed by atoms with Crippen LogP contribution in [-0.4, -0.2) is 42.6 Å². The summed E-state index contributed by atoms with van der Waals surface area (Å²) < 4.78 is 4.50. The summed E-state index contributed by atoms with van der Waals surface area (Å²) in [6, 6.07) is 0. The van der Waals surface area contributed by atoms with Crippen LogP contribution < -0.4 is 0 Å². The molecule has 0 aromatic carbocycles. The molecule has 0 heterocycles. The van der Waals surface area contributed by atoms with Gasteiger partial charge in [0.25, 0.3) is 6.47 Å². The second-order valence-electron chi connectivity index (χ2n) is 2.03. The molecule has 56 valence electrons. The SMILES string of the molecule is CCCCCCOC=O.[NaH]. The van der Waals surface area contributed by atoms with E-state index < -0.39 is 0 Å². The Kier molecular flexibility index (Phi) is 15.9. The third kappa shape index (κ3) is 11.3. The molecular formula is C7H15NaO2. The van der Waals surface area contributed by atoms with Crippen molar-refractivity contribution in [2.45, 2.75) is 32.6 Å². The maximum absolute atomic E-state index is 9.62. The third-order valence-electron chi connectivity index (χ3n) is 1.18. The Morgan fingerprint density at radius 3 is 2.50 bits per heavy atom. The first-order chi connectivity index (χ1) is 4.41. The zero-order valence-corrected chi connectivity index (χ0v) is 5.93. The first-order valence-electron chi connectivity index (χ1n) is 3.47. The summed E-state index contributed by atoms with van der Waals surface area (Å²) in [6.45, 7) is 3.25. The van der Waals surface area contributed by atoms with Crippen LogP contribution in [0.1, 0.15) is 32.6 Å². The summed E-state index contributed by atoms with van der Waals surface area (Å²) in [5.41, 5.74) is 0. The van der Waals surface area contributed by atoms with Gasteiger partial charge in [-0.25, -0.2) is 0 Å². The molecule has 0 radical (unpaired) electrons. The zero-order chi connectivity index (χ0) is 6.95. The van der Waals surface area contributed by atoms with Gasteiger partial charge in [0.05, 0.1) is 6.61 Å². The molecule has 0 aromatic rings. The van der Waals surface area contributed by atoms with Crippen molar-refractivity contribution >= 4 is 36.0 Å². The van der Waals surface area contributed by atoms with Crippen molar-refractivity contribution in [2.24, 2.45) is 0 Å². The van der Waals surface area contributed by atoms with E-state index in [9.17, 15) is 4.79 Å². The number of hydrogen-bond acceptors (Lipinski definition) is 2. The van der Waals surface area contributed by atoms with Crippen LogP contribution in [0.2, 0.25) is 0 Å². The second-order valence-corrected chi connectivity index (χ2v) is 2.03. The third-order valence-corrected chi connectivity index (χ3v) is 1.18. The van der Waals surface area contributed by atoms with E-state index in [-0.39, 0.29) is 29.6 Å². The number of ether oxygens (including phenoxy) is 1. The molecule has 0 aliphatic carbocycles. The van der Waals surface area contributed by atoms with E-state index in [2.05, 4.69) is 11.7 Å². The minimum atomic E-state index is 0. The van der Waals surface area contributed by atoms with Crippen molar-refractivity contribution in [2.75, 3.05) is 6.61 Å². The van der Waals surface area contributed by atoms with Gasteiger partial charge in [-0.1, -0.05) is 26.2 Å². The molecule has 0 bridgehead atoms. The normalized spacial score (nSPS) is 8.10. The molecule has 0 rings (SSSR count). The van der Waals surface area contributed by atoms with E-state index in [1.54, 1.807) is 0 Å². The van der Waals surface area contributed by atoms with Crippen LogP contribution >= 0.6 is 0 Å². The van der Waals surface area contributed by atoms with E-state index in [0.717, 1.165) is 6.42 Å². The van der Waals surface area contributed by atoms with Crippen molar-refractivity contribution in [3.05, 3.63) is 0 Å². The van der Waals surface area contributed by atoms with Gasteiger partial charge in [-0.3, -0.25) is 4.79 Å². The van der Waals surface area contributed by atoms with Crippen LogP contribution in [0.5, 0.6) is 0 Å². The van der Waals surface area contributed by atoms with E-state index in [1.165, 1.54) is 19.3 Å². The van der Waals surface area contributed by atoms with Gasteiger partial charge in [0.1, 0.15) is 0 Å². The van der Waals surface area contributed by atoms with Gasteiger partial charge >= 0.3 is 29.6 Å². The standard InChI is InChI=1S/C7H14O2.Na.H/c1-2-3-4-5-6-9-7-8;;/h7H,2-6H2,1H3;;. The minimum absolute atomic E-state index is 0. The molecule has 0 saturated carbocycles. The van der Waals surface area contributed by atoms with Gasteiger partial charge in [-0.05, 0) is 6.42 Å². The molecule has 2 nitrogen and oxygen atoms in total. The molecule has 0 fully saturated rings. The van der Waals surface area contributed by atoms with Gasteiger partial charge in [0, 0.05) is 0 Å². The Balaban J connectivity index is 0. The van der Waals surface area contributed by atoms with Crippen LogP contribution in [0, 0.1) is 0 Å². The van der Waals surface area contributed by atoms with Crippen LogP contribution in [0.4, 0.5) is 0 Å². The summed E-state index contributed by atoms with van der Waals surface area (Å²) in [4.78, 5) is 9.62. The van der Waals surface area contributed by atoms with Gasteiger partial charge in [0.15, 0.2) is 0 Å². The van der Waals surface area contributed by atoms with Crippen molar-refractivity contribution < 1.29 is 9.53 Å². The fourth-order valence-electron chi connectivity index (χ4n) is 0.660. The van der Waals surface area contributed by atoms with Gasteiger partial charge < -0.3 is 4.74 Å². The number of carbonyl (C=O) groups excluding carboxylic acids is 1. The number of hydrogen-bond donors (Lipinski definition) is 0. The van der Waals surface area contributed by atoms with Gasteiger partial charge in [-0.2, -0.15) is 0 Å². The topological polar surface area (TPSA) is 26.3 Å². The van der Waals surface area contributed by atoms with E-state index in [0.29, 0.717) is 13.1 Å². The summed E-state index contributed by atoms with van der Waals surface area (Å²) in [5, 5.41) is 0. The van der Waals surface area contributed by atoms with Gasteiger partial charge in [0.2, 0.25) is 0 Å². The van der Waals surface area contributed by atoms with Crippen molar-refractivity contribution in [1.82, 2.24) is 0 Å². The molecule has 0 unspecified atom stereocenters. The van der Waals surface area contributed by atoms with Gasteiger partial charge in [-0.15, -0.1) is 0 Å². The Labute approximate surface area is 84.6 Å². The predicted octanol–water partition coefficient (Wildman–Crippen LogP) is 1.09. The fraction of sp³-hybridized carbons (Fsp3) is 0.857. The quantitative estimate of drug-likeness (QED) is 0.325. The summed E-state index contributed by atoms with van der Waals surface area (Å²) in [7, 11) is 0. The average Bonchev–Trinajstić information content (AvgIpc) is 1.89. The Morgan fingerprint density at radius 2 is 2.00 bits per heavy atom.